The highest BCUT2D eigenvalue weighted by Gasteiger charge is 2.19. The first-order valence-electron chi connectivity index (χ1n) is 10.6. The molecule has 8 nitrogen and oxygen atoms in total. The number of carbonyl (C=O) groups is 2. The third-order valence-electron chi connectivity index (χ3n) is 4.94. The molecular weight excluding hydrogens is 504 g/mol. The van der Waals surface area contributed by atoms with Gasteiger partial charge < -0.3 is 18.9 Å². The summed E-state index contributed by atoms with van der Waals surface area (Å²) in [6.45, 7) is -0.189. The van der Waals surface area contributed by atoms with E-state index in [1.807, 2.05) is 12.1 Å². The summed E-state index contributed by atoms with van der Waals surface area (Å²) in [5, 5.41) is 5.02. The highest BCUT2D eigenvalue weighted by molar-refractivity contribution is 7.21. The first-order chi connectivity index (χ1) is 17.5. The summed E-state index contributed by atoms with van der Waals surface area (Å²) in [6.07, 6.45) is 1.47. The normalized spacial score (nSPS) is 10.9. The van der Waals surface area contributed by atoms with E-state index in [1.54, 1.807) is 68.8 Å². The first kappa shape index (κ1) is 25.0. The Bertz CT molecular complexity index is 1400. The van der Waals surface area contributed by atoms with Gasteiger partial charge in [0, 0.05) is 10.1 Å². The lowest BCUT2D eigenvalue weighted by Gasteiger charge is -2.06. The van der Waals surface area contributed by atoms with E-state index in [0.29, 0.717) is 38.5 Å². The first-order valence-corrected chi connectivity index (χ1v) is 11.8. The van der Waals surface area contributed by atoms with Crippen molar-refractivity contribution in [3.8, 4) is 23.0 Å². The third-order valence-corrected chi connectivity index (χ3v) is 6.58. The van der Waals surface area contributed by atoms with Crippen LogP contribution in [0.3, 0.4) is 0 Å². The van der Waals surface area contributed by atoms with Gasteiger partial charge in [-0.1, -0.05) is 11.6 Å². The summed E-state index contributed by atoms with van der Waals surface area (Å²) in [5.74, 6) is 1.30. The zero-order valence-electron chi connectivity index (χ0n) is 19.3. The molecule has 0 saturated carbocycles. The Labute approximate surface area is 216 Å². The molecule has 0 saturated heterocycles. The second-order valence-corrected chi connectivity index (χ2v) is 8.75. The van der Waals surface area contributed by atoms with Gasteiger partial charge in [0.1, 0.15) is 27.9 Å². The molecule has 0 unspecified atom stereocenters. The number of hydrogen-bond acceptors (Lipinski definition) is 8. The van der Waals surface area contributed by atoms with Crippen LogP contribution in [0.2, 0.25) is 5.02 Å². The topological polar surface area (TPSA) is 95.5 Å². The quantitative estimate of drug-likeness (QED) is 0.138. The molecule has 0 aliphatic carbocycles. The molecule has 0 fully saturated rings. The monoisotopic (exact) mass is 524 g/mol. The number of esters is 1. The van der Waals surface area contributed by atoms with Crippen molar-refractivity contribution >= 4 is 51.1 Å². The number of carbonyl (C=O) groups excluding carboxylic acids is 2. The molecule has 3 aromatic carbocycles. The van der Waals surface area contributed by atoms with Gasteiger partial charge in [0.05, 0.1) is 25.5 Å². The molecule has 184 valence electrons. The Kier molecular flexibility index (Phi) is 8.04. The maximum absolute atomic E-state index is 12.7. The van der Waals surface area contributed by atoms with E-state index >= 15 is 0 Å². The van der Waals surface area contributed by atoms with Crippen molar-refractivity contribution in [1.29, 1.82) is 0 Å². The molecule has 4 aromatic rings. The summed E-state index contributed by atoms with van der Waals surface area (Å²) in [7, 11) is 3.15. The van der Waals surface area contributed by atoms with E-state index < -0.39 is 11.9 Å². The largest absolute Gasteiger partial charge is 0.497 e. The number of halogens is 1. The number of amides is 1. The Balaban J connectivity index is 1.29. The number of fused-ring (bicyclic) bond motifs is 1. The fraction of sp³-hybridized carbons (Fsp3) is 0.115. The van der Waals surface area contributed by atoms with Crippen molar-refractivity contribution in [3.05, 3.63) is 82.2 Å². The average Bonchev–Trinajstić information content (AvgIpc) is 3.24. The van der Waals surface area contributed by atoms with Crippen molar-refractivity contribution in [3.63, 3.8) is 0 Å². The van der Waals surface area contributed by atoms with E-state index in [2.05, 4.69) is 10.5 Å². The average molecular weight is 525 g/mol. The van der Waals surface area contributed by atoms with Gasteiger partial charge >= 0.3 is 5.97 Å². The van der Waals surface area contributed by atoms with Gasteiger partial charge in [0.15, 0.2) is 6.61 Å². The molecule has 1 aromatic heterocycles. The van der Waals surface area contributed by atoms with Gasteiger partial charge in [-0.25, -0.2) is 10.2 Å². The van der Waals surface area contributed by atoms with E-state index in [-0.39, 0.29) is 6.61 Å². The number of nitrogens with one attached hydrogen (secondary N) is 1. The fourth-order valence-corrected chi connectivity index (χ4v) is 4.52. The van der Waals surface area contributed by atoms with E-state index in [4.69, 9.17) is 30.5 Å². The second-order valence-electron chi connectivity index (χ2n) is 7.32. The Hall–Kier alpha value is -4.08. The molecule has 0 aliphatic rings. The van der Waals surface area contributed by atoms with Crippen molar-refractivity contribution in [2.45, 2.75) is 0 Å². The molecule has 0 aliphatic heterocycles. The Morgan fingerprint density at radius 3 is 2.25 bits per heavy atom. The van der Waals surface area contributed by atoms with Crippen LogP contribution in [-0.2, 0) is 4.79 Å². The second kappa shape index (κ2) is 11.6. The van der Waals surface area contributed by atoms with Crippen LogP contribution in [0, 0.1) is 0 Å². The number of nitrogens with zero attached hydrogens (tertiary/aromatic N) is 1. The van der Waals surface area contributed by atoms with Gasteiger partial charge in [-0.2, -0.15) is 5.10 Å². The Morgan fingerprint density at radius 2 is 1.56 bits per heavy atom. The highest BCUT2D eigenvalue weighted by Crippen LogP contribution is 2.37. The molecule has 0 radical (unpaired) electrons. The minimum absolute atomic E-state index is 0.189. The number of benzene rings is 3. The van der Waals surface area contributed by atoms with Crippen molar-refractivity contribution in [1.82, 2.24) is 5.43 Å². The van der Waals surface area contributed by atoms with Crippen LogP contribution in [0.4, 0.5) is 0 Å². The van der Waals surface area contributed by atoms with Gasteiger partial charge in [-0.15, -0.1) is 11.3 Å². The molecule has 36 heavy (non-hydrogen) atoms. The van der Waals surface area contributed by atoms with Crippen LogP contribution in [0.25, 0.3) is 10.1 Å². The minimum Gasteiger partial charge on any atom is -0.497 e. The van der Waals surface area contributed by atoms with Crippen molar-refractivity contribution < 1.29 is 28.5 Å². The summed E-state index contributed by atoms with van der Waals surface area (Å²) in [6, 6.07) is 18.9. The maximum Gasteiger partial charge on any atom is 0.355 e. The summed E-state index contributed by atoms with van der Waals surface area (Å²) < 4.78 is 22.0. The number of ether oxygens (including phenoxy) is 4. The number of methoxy groups -OCH3 is 2. The van der Waals surface area contributed by atoms with E-state index in [1.165, 1.54) is 17.6 Å². The third kappa shape index (κ3) is 6.12. The molecule has 4 rings (SSSR count). The fourth-order valence-electron chi connectivity index (χ4n) is 3.11. The van der Waals surface area contributed by atoms with Gasteiger partial charge in [-0.3, -0.25) is 4.79 Å². The van der Waals surface area contributed by atoms with Gasteiger partial charge in [-0.05, 0) is 72.3 Å². The predicted molar refractivity (Wildman–Crippen MR) is 139 cm³/mol. The predicted octanol–water partition coefficient (Wildman–Crippen LogP) is 5.32. The molecule has 0 atom stereocenters. The molecule has 1 heterocycles. The number of hydrazone groups is 1. The maximum atomic E-state index is 12.7. The lowest BCUT2D eigenvalue weighted by molar-refractivity contribution is -0.123. The molecule has 1 N–H and O–H groups in total. The summed E-state index contributed by atoms with van der Waals surface area (Å²) in [4.78, 5) is 24.9. The van der Waals surface area contributed by atoms with Gasteiger partial charge in [0.2, 0.25) is 0 Å². The van der Waals surface area contributed by atoms with Crippen molar-refractivity contribution in [2.75, 3.05) is 20.8 Å². The minimum atomic E-state index is -0.550. The van der Waals surface area contributed by atoms with E-state index in [0.717, 1.165) is 10.1 Å². The number of hydrogen-bond donors (Lipinski definition) is 1. The molecule has 0 spiro atoms. The lowest BCUT2D eigenvalue weighted by Crippen LogP contribution is -2.24. The molecule has 1 amide bonds. The van der Waals surface area contributed by atoms with Crippen LogP contribution in [0.1, 0.15) is 15.2 Å². The molecular formula is C26H21ClN2O6S. The standard InChI is InChI=1S/C26H21ClN2O6S/c1-32-17-7-9-18(10-8-17)34-15-23(30)29-28-14-16-3-5-19(6-4-16)35-26(31)25-24(27)21-12-11-20(33-2)13-22(21)36-25/h3-14H,15H2,1-2H3,(H,29,30)/b28-14+. The highest BCUT2D eigenvalue weighted by atomic mass is 35.5. The lowest BCUT2D eigenvalue weighted by atomic mass is 10.2. The number of rotatable bonds is 9. The van der Waals surface area contributed by atoms with Crippen LogP contribution in [-0.4, -0.2) is 38.9 Å². The summed E-state index contributed by atoms with van der Waals surface area (Å²) >= 11 is 7.63. The zero-order chi connectivity index (χ0) is 25.5. The Morgan fingerprint density at radius 1 is 0.917 bits per heavy atom. The van der Waals surface area contributed by atoms with Crippen LogP contribution in [0.15, 0.2) is 71.8 Å². The zero-order valence-corrected chi connectivity index (χ0v) is 20.9. The van der Waals surface area contributed by atoms with Crippen molar-refractivity contribution in [2.24, 2.45) is 5.10 Å². The SMILES string of the molecule is COc1ccc(OCC(=O)N/N=C/c2ccc(OC(=O)c3sc4cc(OC)ccc4c3Cl)cc2)cc1. The number of thiophene rings is 1. The smallest absolute Gasteiger partial charge is 0.355 e. The van der Waals surface area contributed by atoms with Crippen LogP contribution >= 0.6 is 22.9 Å². The van der Waals surface area contributed by atoms with E-state index in [9.17, 15) is 9.59 Å². The van der Waals surface area contributed by atoms with Gasteiger partial charge in [0.25, 0.3) is 5.91 Å². The van der Waals surface area contributed by atoms with Crippen LogP contribution < -0.4 is 24.4 Å². The molecule has 0 bridgehead atoms. The summed E-state index contributed by atoms with van der Waals surface area (Å²) in [5.41, 5.74) is 3.09. The molecule has 10 heteroatoms. The van der Waals surface area contributed by atoms with Crippen LogP contribution in [0.5, 0.6) is 23.0 Å².